The molecule has 0 atom stereocenters. The molecule has 0 bridgehead atoms. The molecule has 2 aliphatic rings. The lowest BCUT2D eigenvalue weighted by Crippen LogP contribution is -2.35. The summed E-state index contributed by atoms with van der Waals surface area (Å²) in [5.41, 5.74) is 0.716. The van der Waals surface area contributed by atoms with Gasteiger partial charge in [-0.15, -0.1) is 0 Å². The number of fused-ring (bicyclic) bond motifs is 1. The quantitative estimate of drug-likeness (QED) is 0.284. The molecule has 0 aromatic heterocycles. The number of carbonyl (C=O) groups excluding carboxylic acids is 1. The minimum atomic E-state index is -0.488. The van der Waals surface area contributed by atoms with Crippen molar-refractivity contribution in [2.24, 2.45) is 10.1 Å². The van der Waals surface area contributed by atoms with Crippen molar-refractivity contribution in [3.63, 3.8) is 0 Å². The van der Waals surface area contributed by atoms with Crippen LogP contribution >= 0.6 is 23.4 Å². The fraction of sp³-hybridized carbons (Fsp3) is 0.308. The number of carbonyl (C=O) groups is 1. The summed E-state index contributed by atoms with van der Waals surface area (Å²) in [6, 6.07) is 12.9. The van der Waals surface area contributed by atoms with E-state index in [9.17, 15) is 4.79 Å². The molecule has 0 fully saturated rings. The van der Waals surface area contributed by atoms with Crippen molar-refractivity contribution in [2.45, 2.75) is 33.1 Å². The third-order valence-electron chi connectivity index (χ3n) is 5.22. The molecule has 188 valence electrons. The van der Waals surface area contributed by atoms with Gasteiger partial charge in [0.1, 0.15) is 24.0 Å². The standard InChI is InChI=1S/C26H27ClN4O4S/c1-3-5-11-22-30-31-24(28)19(25(32)29-26(31)36-22)14-17-15-20(27)23(21(16-17)33-4-2)35-13-12-34-18-9-7-6-8-10-18/h6-10,14-16,28H,3-5,11-13H2,1-2H3/b19-14-,28-24?. The number of nitrogens with one attached hydrogen (secondary N) is 1. The van der Waals surface area contributed by atoms with Gasteiger partial charge in [-0.25, -0.2) is 0 Å². The molecule has 2 heterocycles. The third kappa shape index (κ3) is 6.09. The van der Waals surface area contributed by atoms with Crippen molar-refractivity contribution in [1.29, 1.82) is 5.41 Å². The minimum absolute atomic E-state index is 0.0172. The molecule has 0 saturated carbocycles. The van der Waals surface area contributed by atoms with Crippen molar-refractivity contribution in [2.75, 3.05) is 19.8 Å². The summed E-state index contributed by atoms with van der Waals surface area (Å²) in [5.74, 6) is 1.08. The van der Waals surface area contributed by atoms with Crippen LogP contribution in [-0.2, 0) is 4.79 Å². The van der Waals surface area contributed by atoms with Crippen molar-refractivity contribution in [3.8, 4) is 17.2 Å². The van der Waals surface area contributed by atoms with E-state index in [1.807, 2.05) is 37.3 Å². The molecular formula is C26H27ClN4O4S. The molecule has 2 aromatic rings. The van der Waals surface area contributed by atoms with Gasteiger partial charge in [-0.2, -0.15) is 15.1 Å². The van der Waals surface area contributed by atoms with Crippen molar-refractivity contribution < 1.29 is 19.0 Å². The Morgan fingerprint density at radius 2 is 1.89 bits per heavy atom. The number of ether oxygens (including phenoxy) is 3. The first kappa shape index (κ1) is 25.8. The Bertz CT molecular complexity index is 1230. The van der Waals surface area contributed by atoms with Crippen LogP contribution in [-0.4, -0.2) is 46.8 Å². The SMILES string of the molecule is CCCCC1=NN2C(=N)/C(=C/c3cc(Cl)c(OCCOc4ccccc4)c(OCC)c3)C(=O)N=C2S1. The minimum Gasteiger partial charge on any atom is -0.490 e. The smallest absolute Gasteiger partial charge is 0.283 e. The maximum Gasteiger partial charge on any atom is 0.283 e. The summed E-state index contributed by atoms with van der Waals surface area (Å²) >= 11 is 7.88. The van der Waals surface area contributed by atoms with Crippen LogP contribution in [0.5, 0.6) is 17.2 Å². The van der Waals surface area contributed by atoms with Gasteiger partial charge < -0.3 is 14.2 Å². The highest BCUT2D eigenvalue weighted by Crippen LogP contribution is 2.38. The number of thioether (sulfide) groups is 1. The molecule has 0 unspecified atom stereocenters. The number of benzene rings is 2. The lowest BCUT2D eigenvalue weighted by molar-refractivity contribution is -0.114. The molecule has 2 aliphatic heterocycles. The van der Waals surface area contributed by atoms with E-state index >= 15 is 0 Å². The summed E-state index contributed by atoms with van der Waals surface area (Å²) in [5, 5.41) is 16.1. The van der Waals surface area contributed by atoms with E-state index < -0.39 is 5.91 Å². The molecule has 1 N–H and O–H groups in total. The van der Waals surface area contributed by atoms with Crippen LogP contribution in [0.15, 0.2) is 58.1 Å². The fourth-order valence-electron chi connectivity index (χ4n) is 3.52. The van der Waals surface area contributed by atoms with Gasteiger partial charge in [0, 0.05) is 0 Å². The number of hydrogen-bond acceptors (Lipinski definition) is 7. The second-order valence-electron chi connectivity index (χ2n) is 7.89. The maximum atomic E-state index is 12.7. The number of hydrazone groups is 1. The maximum absolute atomic E-state index is 12.7. The predicted molar refractivity (Wildman–Crippen MR) is 145 cm³/mol. The molecule has 0 spiro atoms. The normalized spacial score (nSPS) is 16.1. The summed E-state index contributed by atoms with van der Waals surface area (Å²) in [7, 11) is 0. The van der Waals surface area contributed by atoms with Gasteiger partial charge in [-0.3, -0.25) is 10.2 Å². The summed E-state index contributed by atoms with van der Waals surface area (Å²) in [4.78, 5) is 16.9. The van der Waals surface area contributed by atoms with Crippen molar-refractivity contribution >= 4 is 51.4 Å². The summed E-state index contributed by atoms with van der Waals surface area (Å²) in [6.45, 7) is 4.96. The molecule has 4 rings (SSSR count). The van der Waals surface area contributed by atoms with Crippen LogP contribution in [0.25, 0.3) is 6.08 Å². The van der Waals surface area contributed by atoms with Crippen LogP contribution in [0, 0.1) is 5.41 Å². The number of rotatable bonds is 11. The molecule has 0 saturated heterocycles. The summed E-state index contributed by atoms with van der Waals surface area (Å²) in [6.07, 6.45) is 4.40. The van der Waals surface area contributed by atoms with Gasteiger partial charge in [-0.05, 0) is 67.4 Å². The molecule has 8 nitrogen and oxygen atoms in total. The number of aliphatic imine (C=N–C) groups is 1. The first-order valence-electron chi connectivity index (χ1n) is 11.8. The van der Waals surface area contributed by atoms with E-state index in [4.69, 9.17) is 31.2 Å². The van der Waals surface area contributed by atoms with E-state index in [1.165, 1.54) is 16.8 Å². The first-order chi connectivity index (χ1) is 17.5. The Morgan fingerprint density at radius 1 is 1.11 bits per heavy atom. The van der Waals surface area contributed by atoms with Crippen LogP contribution in [0.3, 0.4) is 0 Å². The Morgan fingerprint density at radius 3 is 2.64 bits per heavy atom. The zero-order chi connectivity index (χ0) is 25.5. The Balaban J connectivity index is 1.51. The number of halogens is 1. The average molecular weight is 527 g/mol. The number of unbranched alkanes of at least 4 members (excludes halogenated alkanes) is 1. The Labute approximate surface area is 219 Å². The first-order valence-corrected chi connectivity index (χ1v) is 13.0. The lowest BCUT2D eigenvalue weighted by atomic mass is 10.1. The van der Waals surface area contributed by atoms with Crippen LogP contribution < -0.4 is 14.2 Å². The second kappa shape index (κ2) is 12.1. The lowest BCUT2D eigenvalue weighted by Gasteiger charge is -2.20. The van der Waals surface area contributed by atoms with Gasteiger partial charge in [0.15, 0.2) is 17.3 Å². The van der Waals surface area contributed by atoms with Crippen LogP contribution in [0.1, 0.15) is 38.7 Å². The molecule has 1 amide bonds. The third-order valence-corrected chi connectivity index (χ3v) is 6.47. The second-order valence-corrected chi connectivity index (χ2v) is 9.34. The largest absolute Gasteiger partial charge is 0.490 e. The molecule has 0 radical (unpaired) electrons. The highest BCUT2D eigenvalue weighted by atomic mass is 35.5. The zero-order valence-corrected chi connectivity index (χ0v) is 21.7. The van der Waals surface area contributed by atoms with E-state index in [0.717, 1.165) is 30.1 Å². The van der Waals surface area contributed by atoms with Gasteiger partial charge in [0.05, 0.1) is 17.2 Å². The van der Waals surface area contributed by atoms with Gasteiger partial charge >= 0.3 is 0 Å². The van der Waals surface area contributed by atoms with Crippen LogP contribution in [0.4, 0.5) is 0 Å². The predicted octanol–water partition coefficient (Wildman–Crippen LogP) is 6.01. The van der Waals surface area contributed by atoms with Crippen LogP contribution in [0.2, 0.25) is 5.02 Å². The number of para-hydroxylation sites is 1. The molecule has 10 heteroatoms. The number of nitrogens with zero attached hydrogens (tertiary/aromatic N) is 3. The van der Waals surface area contributed by atoms with E-state index in [1.54, 1.807) is 18.2 Å². The average Bonchev–Trinajstić information content (AvgIpc) is 3.28. The van der Waals surface area contributed by atoms with Gasteiger partial charge in [0.25, 0.3) is 5.91 Å². The number of amides is 1. The number of amidine groups is 2. The highest BCUT2D eigenvalue weighted by molar-refractivity contribution is 8.26. The molecular weight excluding hydrogens is 500 g/mol. The van der Waals surface area contributed by atoms with E-state index in [0.29, 0.717) is 40.5 Å². The molecule has 0 aliphatic carbocycles. The van der Waals surface area contributed by atoms with E-state index in [-0.39, 0.29) is 18.0 Å². The van der Waals surface area contributed by atoms with E-state index in [2.05, 4.69) is 17.0 Å². The highest BCUT2D eigenvalue weighted by Gasteiger charge is 2.35. The van der Waals surface area contributed by atoms with Gasteiger partial charge in [-0.1, -0.05) is 43.1 Å². The number of hydrogen-bond donors (Lipinski definition) is 1. The van der Waals surface area contributed by atoms with Gasteiger partial charge in [0.2, 0.25) is 5.17 Å². The Hall–Kier alpha value is -3.30. The monoisotopic (exact) mass is 526 g/mol. The molecule has 36 heavy (non-hydrogen) atoms. The zero-order valence-electron chi connectivity index (χ0n) is 20.1. The summed E-state index contributed by atoms with van der Waals surface area (Å²) < 4.78 is 17.3. The fourth-order valence-corrected chi connectivity index (χ4v) is 4.72. The Kier molecular flexibility index (Phi) is 8.66. The van der Waals surface area contributed by atoms with Crippen molar-refractivity contribution in [1.82, 2.24) is 5.01 Å². The van der Waals surface area contributed by atoms with Crippen molar-refractivity contribution in [3.05, 3.63) is 58.6 Å². The topological polar surface area (TPSA) is 96.6 Å². The molecule has 2 aromatic carbocycles.